The second-order valence-corrected chi connectivity index (χ2v) is 6.73. The van der Waals surface area contributed by atoms with Gasteiger partial charge in [-0.25, -0.2) is 8.78 Å². The maximum atomic E-state index is 13.1. The molecule has 0 radical (unpaired) electrons. The van der Waals surface area contributed by atoms with Crippen LogP contribution in [0.4, 0.5) is 8.78 Å². The Hall–Kier alpha value is -1.18. The lowest BCUT2D eigenvalue weighted by atomic mass is 10.2. The van der Waals surface area contributed by atoms with Crippen molar-refractivity contribution in [1.29, 1.82) is 0 Å². The average molecular weight is 344 g/mol. The van der Waals surface area contributed by atoms with Crippen molar-refractivity contribution in [3.63, 3.8) is 0 Å². The highest BCUT2D eigenvalue weighted by molar-refractivity contribution is 8.00. The number of halogens is 2. The highest BCUT2D eigenvalue weighted by atomic mass is 32.2. The van der Waals surface area contributed by atoms with Crippen LogP contribution in [0.5, 0.6) is 0 Å². The van der Waals surface area contributed by atoms with Crippen LogP contribution in [0.1, 0.15) is 13.8 Å². The molecular formula is C16H22F2N2O2S. The predicted octanol–water partition coefficient (Wildman–Crippen LogP) is 2.28. The van der Waals surface area contributed by atoms with Gasteiger partial charge in [0.25, 0.3) is 0 Å². The summed E-state index contributed by atoms with van der Waals surface area (Å²) in [7, 11) is 0. The van der Waals surface area contributed by atoms with Crippen LogP contribution in [0.15, 0.2) is 23.1 Å². The minimum absolute atomic E-state index is 0.118. The van der Waals surface area contributed by atoms with Crippen LogP contribution in [-0.2, 0) is 9.53 Å². The molecule has 7 heteroatoms. The van der Waals surface area contributed by atoms with Crippen molar-refractivity contribution < 1.29 is 18.3 Å². The van der Waals surface area contributed by atoms with Crippen LogP contribution in [-0.4, -0.2) is 54.9 Å². The number of benzene rings is 1. The number of amides is 1. The normalized spacial score (nSPS) is 20.3. The summed E-state index contributed by atoms with van der Waals surface area (Å²) in [6, 6.07) is 4.20. The van der Waals surface area contributed by atoms with Crippen LogP contribution in [0.3, 0.4) is 0 Å². The van der Waals surface area contributed by atoms with Gasteiger partial charge in [0, 0.05) is 30.1 Å². The number of hydrogen-bond donors (Lipinski definition) is 1. The van der Waals surface area contributed by atoms with Crippen LogP contribution in [0.25, 0.3) is 0 Å². The smallest absolute Gasteiger partial charge is 0.230 e. The molecule has 23 heavy (non-hydrogen) atoms. The van der Waals surface area contributed by atoms with Crippen LogP contribution in [0.2, 0.25) is 0 Å². The Kier molecular flexibility index (Phi) is 6.80. The molecule has 2 atom stereocenters. The number of thioether (sulfide) groups is 1. The van der Waals surface area contributed by atoms with E-state index in [1.54, 1.807) is 0 Å². The van der Waals surface area contributed by atoms with Crippen LogP contribution >= 0.6 is 11.8 Å². The minimum Gasteiger partial charge on any atom is -0.379 e. The maximum absolute atomic E-state index is 13.1. The molecule has 1 aliphatic heterocycles. The van der Waals surface area contributed by atoms with Crippen molar-refractivity contribution in [2.24, 2.45) is 0 Å². The number of hydrogen-bond acceptors (Lipinski definition) is 4. The Balaban J connectivity index is 1.73. The van der Waals surface area contributed by atoms with Gasteiger partial charge < -0.3 is 10.1 Å². The van der Waals surface area contributed by atoms with Crippen molar-refractivity contribution in [2.75, 3.05) is 32.1 Å². The number of nitrogens with one attached hydrogen (secondary N) is 1. The lowest BCUT2D eigenvalue weighted by molar-refractivity contribution is -0.119. The Bertz CT molecular complexity index is 545. The van der Waals surface area contributed by atoms with Gasteiger partial charge in [-0.3, -0.25) is 9.69 Å². The van der Waals surface area contributed by atoms with Gasteiger partial charge in [0.05, 0.1) is 19.0 Å². The summed E-state index contributed by atoms with van der Waals surface area (Å²) in [6.07, 6.45) is 0. The van der Waals surface area contributed by atoms with E-state index in [1.807, 2.05) is 0 Å². The largest absolute Gasteiger partial charge is 0.379 e. The average Bonchev–Trinajstić information content (AvgIpc) is 2.54. The Morgan fingerprint density at radius 2 is 2.26 bits per heavy atom. The molecule has 0 aliphatic carbocycles. The Labute approximate surface area is 139 Å². The Morgan fingerprint density at radius 1 is 1.48 bits per heavy atom. The zero-order valence-corrected chi connectivity index (χ0v) is 14.2. The zero-order chi connectivity index (χ0) is 16.8. The molecule has 1 fully saturated rings. The van der Waals surface area contributed by atoms with E-state index in [0.29, 0.717) is 30.7 Å². The van der Waals surface area contributed by atoms with Gasteiger partial charge in [-0.15, -0.1) is 11.8 Å². The molecule has 1 amide bonds. The van der Waals surface area contributed by atoms with Crippen molar-refractivity contribution in [2.45, 2.75) is 30.8 Å². The lowest BCUT2D eigenvalue weighted by Crippen LogP contribution is -2.52. The standard InChI is InChI=1S/C16H22F2N2O2S/c1-11(20-5-6-22-9-12(20)2)8-19-16(21)10-23-13-3-4-14(17)15(18)7-13/h3-4,7,11-12H,5-6,8-10H2,1-2H3,(H,19,21)/t11-,12+/m0/s1. The Morgan fingerprint density at radius 3 is 2.96 bits per heavy atom. The number of morpholine rings is 1. The summed E-state index contributed by atoms with van der Waals surface area (Å²) in [5, 5.41) is 2.89. The van der Waals surface area contributed by atoms with Crippen molar-refractivity contribution in [3.8, 4) is 0 Å². The second kappa shape index (κ2) is 8.61. The van der Waals surface area contributed by atoms with Gasteiger partial charge in [-0.05, 0) is 32.0 Å². The van der Waals surface area contributed by atoms with Gasteiger partial charge in [-0.1, -0.05) is 0 Å². The highest BCUT2D eigenvalue weighted by Crippen LogP contribution is 2.20. The summed E-state index contributed by atoms with van der Waals surface area (Å²) in [5.41, 5.74) is 0. The summed E-state index contributed by atoms with van der Waals surface area (Å²) < 4.78 is 31.3. The maximum Gasteiger partial charge on any atom is 0.230 e. The van der Waals surface area contributed by atoms with Crippen LogP contribution < -0.4 is 5.32 Å². The van der Waals surface area contributed by atoms with E-state index < -0.39 is 11.6 Å². The molecule has 1 N–H and O–H groups in total. The third-order valence-corrected chi connectivity index (χ3v) is 4.83. The molecule has 0 aromatic heterocycles. The molecule has 1 heterocycles. The highest BCUT2D eigenvalue weighted by Gasteiger charge is 2.23. The molecule has 1 aliphatic rings. The van der Waals surface area contributed by atoms with Gasteiger partial charge in [0.15, 0.2) is 11.6 Å². The molecule has 1 saturated heterocycles. The number of carbonyl (C=O) groups excluding carboxylic acids is 1. The van der Waals surface area contributed by atoms with E-state index in [2.05, 4.69) is 24.1 Å². The van der Waals surface area contributed by atoms with Crippen molar-refractivity contribution in [3.05, 3.63) is 29.8 Å². The van der Waals surface area contributed by atoms with Gasteiger partial charge in [-0.2, -0.15) is 0 Å². The van der Waals surface area contributed by atoms with E-state index in [9.17, 15) is 13.6 Å². The second-order valence-electron chi connectivity index (χ2n) is 5.68. The van der Waals surface area contributed by atoms with E-state index in [4.69, 9.17) is 4.74 Å². The van der Waals surface area contributed by atoms with E-state index in [0.717, 1.165) is 18.7 Å². The van der Waals surface area contributed by atoms with E-state index in [1.165, 1.54) is 17.8 Å². The lowest BCUT2D eigenvalue weighted by Gasteiger charge is -2.37. The van der Waals surface area contributed by atoms with E-state index >= 15 is 0 Å². The summed E-state index contributed by atoms with van der Waals surface area (Å²) in [4.78, 5) is 14.7. The molecule has 128 valence electrons. The fourth-order valence-corrected chi connectivity index (χ4v) is 3.29. The first-order chi connectivity index (χ1) is 11.0. The van der Waals surface area contributed by atoms with E-state index in [-0.39, 0.29) is 17.7 Å². The fourth-order valence-electron chi connectivity index (χ4n) is 2.54. The van der Waals surface area contributed by atoms with Gasteiger partial charge in [0.2, 0.25) is 5.91 Å². The third-order valence-electron chi connectivity index (χ3n) is 3.84. The molecule has 1 aromatic carbocycles. The molecule has 0 unspecified atom stereocenters. The van der Waals surface area contributed by atoms with Crippen molar-refractivity contribution >= 4 is 17.7 Å². The number of nitrogens with zero attached hydrogens (tertiary/aromatic N) is 1. The van der Waals surface area contributed by atoms with Crippen molar-refractivity contribution in [1.82, 2.24) is 10.2 Å². The van der Waals surface area contributed by atoms with Gasteiger partial charge in [0.1, 0.15) is 0 Å². The summed E-state index contributed by atoms with van der Waals surface area (Å²) >= 11 is 1.19. The number of rotatable bonds is 6. The predicted molar refractivity (Wildman–Crippen MR) is 86.5 cm³/mol. The first-order valence-electron chi connectivity index (χ1n) is 7.65. The molecule has 0 saturated carbocycles. The minimum atomic E-state index is -0.898. The monoisotopic (exact) mass is 344 g/mol. The molecule has 2 rings (SSSR count). The molecule has 1 aromatic rings. The first-order valence-corrected chi connectivity index (χ1v) is 8.64. The quantitative estimate of drug-likeness (QED) is 0.804. The third kappa shape index (κ3) is 5.44. The summed E-state index contributed by atoms with van der Waals surface area (Å²) in [5.74, 6) is -1.72. The number of carbonyl (C=O) groups is 1. The zero-order valence-electron chi connectivity index (χ0n) is 13.4. The number of ether oxygens (including phenoxy) is 1. The molecule has 4 nitrogen and oxygen atoms in total. The summed E-state index contributed by atoms with van der Waals surface area (Å²) in [6.45, 7) is 7.03. The molecule has 0 bridgehead atoms. The molecule has 0 spiro atoms. The van der Waals surface area contributed by atoms with Gasteiger partial charge >= 0.3 is 0 Å². The SMILES string of the molecule is C[C@@H]1COCCN1[C@@H](C)CNC(=O)CSc1ccc(F)c(F)c1. The topological polar surface area (TPSA) is 41.6 Å². The van der Waals surface area contributed by atoms with Crippen LogP contribution in [0, 0.1) is 11.6 Å². The molecular weight excluding hydrogens is 322 g/mol. The first kappa shape index (κ1) is 18.2. The fraction of sp³-hybridized carbons (Fsp3) is 0.562.